The van der Waals surface area contributed by atoms with Gasteiger partial charge in [-0.05, 0) is 6.42 Å². The fraction of sp³-hybridized carbons (Fsp3) is 0.889. The highest BCUT2D eigenvalue weighted by Crippen LogP contribution is 1.90. The maximum absolute atomic E-state index is 10.5. The first-order chi connectivity index (χ1) is 7.92. The number of carbonyl (C=O) groups is 1. The molecule has 7 nitrogen and oxygen atoms in total. The number of hydrogen-bond donors (Lipinski definition) is 1. The lowest BCUT2D eigenvalue weighted by Crippen LogP contribution is -2.12. The van der Waals surface area contributed by atoms with Crippen LogP contribution >= 0.6 is 0 Å². The Balaban J connectivity index is 3.11. The van der Waals surface area contributed by atoms with Gasteiger partial charge in [-0.25, -0.2) is 0 Å². The molecule has 0 rings (SSSR count). The van der Waals surface area contributed by atoms with Crippen LogP contribution < -0.4 is 0 Å². The van der Waals surface area contributed by atoms with E-state index in [9.17, 15) is 13.2 Å². The van der Waals surface area contributed by atoms with Gasteiger partial charge in [0.05, 0.1) is 32.7 Å². The molecule has 0 aromatic rings. The van der Waals surface area contributed by atoms with Crippen molar-refractivity contribution in [3.8, 4) is 0 Å². The summed E-state index contributed by atoms with van der Waals surface area (Å²) in [7, 11) is -3.40. The zero-order valence-electron chi connectivity index (χ0n) is 9.75. The van der Waals surface area contributed by atoms with Crippen LogP contribution in [0.15, 0.2) is 0 Å². The highest BCUT2D eigenvalue weighted by atomic mass is 32.2. The maximum atomic E-state index is 10.5. The molecule has 0 aromatic heterocycles. The van der Waals surface area contributed by atoms with E-state index in [1.165, 1.54) is 0 Å². The van der Waals surface area contributed by atoms with E-state index in [0.29, 0.717) is 26.2 Å². The summed E-state index contributed by atoms with van der Waals surface area (Å²) in [5.74, 6) is -0.845. The van der Waals surface area contributed by atoms with E-state index >= 15 is 0 Å². The lowest BCUT2D eigenvalue weighted by Gasteiger charge is -2.05. The summed E-state index contributed by atoms with van der Waals surface area (Å²) in [4.78, 5) is 10.1. The SMILES string of the molecule is CS(=O)(=O)OCCOCCOCCCC(=O)O. The molecule has 0 amide bonds. The van der Waals surface area contributed by atoms with Gasteiger partial charge in [-0.3, -0.25) is 8.98 Å². The summed E-state index contributed by atoms with van der Waals surface area (Å²) >= 11 is 0. The third-order valence-corrected chi connectivity index (χ3v) is 2.17. The molecule has 0 fully saturated rings. The Bertz CT molecular complexity index is 298. The van der Waals surface area contributed by atoms with Gasteiger partial charge in [-0.1, -0.05) is 0 Å². The third-order valence-electron chi connectivity index (χ3n) is 1.58. The Kier molecular flexibility index (Phi) is 8.96. The van der Waals surface area contributed by atoms with Gasteiger partial charge in [0.1, 0.15) is 0 Å². The van der Waals surface area contributed by atoms with Crippen LogP contribution in [0.1, 0.15) is 12.8 Å². The monoisotopic (exact) mass is 270 g/mol. The standard InChI is InChI=1S/C9H18O7S/c1-17(12,13)16-8-7-15-6-5-14-4-2-3-9(10)11/h2-8H2,1H3,(H,10,11). The first-order valence-electron chi connectivity index (χ1n) is 5.13. The second kappa shape index (κ2) is 9.34. The second-order valence-corrected chi connectivity index (χ2v) is 4.89. The Morgan fingerprint density at radius 3 is 2.12 bits per heavy atom. The van der Waals surface area contributed by atoms with E-state index in [2.05, 4.69) is 4.18 Å². The number of hydrogen-bond acceptors (Lipinski definition) is 6. The maximum Gasteiger partial charge on any atom is 0.303 e. The van der Waals surface area contributed by atoms with Crippen LogP contribution in [0.4, 0.5) is 0 Å². The Morgan fingerprint density at radius 1 is 1.06 bits per heavy atom. The summed E-state index contributed by atoms with van der Waals surface area (Å²) in [6, 6.07) is 0. The lowest BCUT2D eigenvalue weighted by atomic mass is 10.3. The van der Waals surface area contributed by atoms with Crippen molar-refractivity contribution in [2.24, 2.45) is 0 Å². The molecule has 0 aliphatic carbocycles. The molecule has 0 aromatic carbocycles. The quantitative estimate of drug-likeness (QED) is 0.412. The second-order valence-electron chi connectivity index (χ2n) is 3.25. The van der Waals surface area contributed by atoms with Crippen LogP contribution in [-0.4, -0.2) is 58.8 Å². The molecule has 0 aliphatic heterocycles. The van der Waals surface area contributed by atoms with E-state index in [4.69, 9.17) is 14.6 Å². The van der Waals surface area contributed by atoms with Gasteiger partial charge in [-0.15, -0.1) is 0 Å². The molecule has 8 heteroatoms. The molecule has 0 saturated heterocycles. The molecule has 0 radical (unpaired) electrons. The van der Waals surface area contributed by atoms with Gasteiger partial charge >= 0.3 is 5.97 Å². The molecule has 0 heterocycles. The van der Waals surface area contributed by atoms with Crippen molar-refractivity contribution in [3.63, 3.8) is 0 Å². The zero-order chi connectivity index (χ0) is 13.1. The van der Waals surface area contributed by atoms with Gasteiger partial charge in [0.25, 0.3) is 10.1 Å². The largest absolute Gasteiger partial charge is 0.481 e. The van der Waals surface area contributed by atoms with Gasteiger partial charge in [0.2, 0.25) is 0 Å². The first kappa shape index (κ1) is 16.3. The van der Waals surface area contributed by atoms with Crippen LogP contribution in [0.5, 0.6) is 0 Å². The molecule has 0 unspecified atom stereocenters. The van der Waals surface area contributed by atoms with Crippen molar-refractivity contribution in [3.05, 3.63) is 0 Å². The minimum atomic E-state index is -3.40. The molecule has 102 valence electrons. The molecule has 0 bridgehead atoms. The summed E-state index contributed by atoms with van der Waals surface area (Å²) in [6.07, 6.45) is 1.52. The highest BCUT2D eigenvalue weighted by Gasteiger charge is 2.00. The van der Waals surface area contributed by atoms with Crippen molar-refractivity contribution < 1.29 is 32.0 Å². The highest BCUT2D eigenvalue weighted by molar-refractivity contribution is 7.85. The number of rotatable bonds is 11. The molecule has 0 spiro atoms. The lowest BCUT2D eigenvalue weighted by molar-refractivity contribution is -0.137. The van der Waals surface area contributed by atoms with Gasteiger partial charge in [-0.2, -0.15) is 8.42 Å². The van der Waals surface area contributed by atoms with E-state index in [1.807, 2.05) is 0 Å². The van der Waals surface area contributed by atoms with E-state index in [-0.39, 0.29) is 19.6 Å². The van der Waals surface area contributed by atoms with Crippen LogP contribution in [0, 0.1) is 0 Å². The Hall–Kier alpha value is -0.700. The fourth-order valence-corrected chi connectivity index (χ4v) is 1.26. The number of carboxylic acid groups (broad SMARTS) is 1. The minimum absolute atomic E-state index is 0.0160. The predicted octanol–water partition coefficient (Wildman–Crippen LogP) is -0.139. The Morgan fingerprint density at radius 2 is 1.59 bits per heavy atom. The minimum Gasteiger partial charge on any atom is -0.481 e. The fourth-order valence-electron chi connectivity index (χ4n) is 0.892. The van der Waals surface area contributed by atoms with Crippen molar-refractivity contribution in [1.82, 2.24) is 0 Å². The van der Waals surface area contributed by atoms with Crippen LogP contribution in [0.3, 0.4) is 0 Å². The molecule has 0 saturated carbocycles. The van der Waals surface area contributed by atoms with Crippen LogP contribution in [-0.2, 0) is 28.6 Å². The zero-order valence-corrected chi connectivity index (χ0v) is 10.6. The summed E-state index contributed by atoms with van der Waals surface area (Å²) < 4.78 is 35.6. The topological polar surface area (TPSA) is 99.1 Å². The van der Waals surface area contributed by atoms with E-state index < -0.39 is 16.1 Å². The number of ether oxygens (including phenoxy) is 2. The van der Waals surface area contributed by atoms with Crippen molar-refractivity contribution in [2.75, 3.05) is 39.3 Å². The third kappa shape index (κ3) is 15.3. The van der Waals surface area contributed by atoms with E-state index in [0.717, 1.165) is 6.26 Å². The number of aliphatic carboxylic acids is 1. The van der Waals surface area contributed by atoms with Crippen LogP contribution in [0.25, 0.3) is 0 Å². The summed E-state index contributed by atoms with van der Waals surface area (Å²) in [5, 5.41) is 8.34. The normalized spacial score (nSPS) is 11.6. The average molecular weight is 270 g/mol. The van der Waals surface area contributed by atoms with Crippen molar-refractivity contribution >= 4 is 16.1 Å². The van der Waals surface area contributed by atoms with Crippen molar-refractivity contribution in [2.45, 2.75) is 12.8 Å². The molecule has 0 aliphatic rings. The number of carboxylic acids is 1. The molecule has 17 heavy (non-hydrogen) atoms. The van der Waals surface area contributed by atoms with E-state index in [1.54, 1.807) is 0 Å². The van der Waals surface area contributed by atoms with Gasteiger partial charge in [0, 0.05) is 13.0 Å². The summed E-state index contributed by atoms with van der Waals surface area (Å²) in [5.41, 5.74) is 0. The van der Waals surface area contributed by atoms with Gasteiger partial charge in [0.15, 0.2) is 0 Å². The smallest absolute Gasteiger partial charge is 0.303 e. The Labute approximate surface area is 101 Å². The van der Waals surface area contributed by atoms with Crippen molar-refractivity contribution in [1.29, 1.82) is 0 Å². The molecular weight excluding hydrogens is 252 g/mol. The average Bonchev–Trinajstić information content (AvgIpc) is 2.18. The van der Waals surface area contributed by atoms with Gasteiger partial charge < -0.3 is 14.6 Å². The predicted molar refractivity (Wildman–Crippen MR) is 59.3 cm³/mol. The first-order valence-corrected chi connectivity index (χ1v) is 6.95. The molecule has 0 atom stereocenters. The molecule has 1 N–H and O–H groups in total. The van der Waals surface area contributed by atoms with Crippen LogP contribution in [0.2, 0.25) is 0 Å². The molecular formula is C9H18O7S. The summed E-state index contributed by atoms with van der Waals surface area (Å²) in [6.45, 7) is 1.19.